The summed E-state index contributed by atoms with van der Waals surface area (Å²) in [5, 5.41) is 2.77. The number of anilines is 1. The van der Waals surface area contributed by atoms with E-state index < -0.39 is 0 Å². The first-order chi connectivity index (χ1) is 13.6. The molecule has 28 heavy (non-hydrogen) atoms. The lowest BCUT2D eigenvalue weighted by atomic mass is 10.1. The highest BCUT2D eigenvalue weighted by atomic mass is 16.5. The minimum absolute atomic E-state index is 0.0569. The second kappa shape index (κ2) is 9.15. The van der Waals surface area contributed by atoms with Gasteiger partial charge in [-0.15, -0.1) is 0 Å². The molecule has 1 aromatic heterocycles. The lowest BCUT2D eigenvalue weighted by Crippen LogP contribution is -2.20. The molecule has 138 valence electrons. The molecule has 0 radical (unpaired) electrons. The van der Waals surface area contributed by atoms with Crippen molar-refractivity contribution in [2.75, 3.05) is 11.9 Å². The van der Waals surface area contributed by atoms with E-state index in [1.165, 1.54) is 6.92 Å². The van der Waals surface area contributed by atoms with Crippen LogP contribution in [-0.2, 0) is 4.79 Å². The molecule has 3 rings (SSSR count). The van der Waals surface area contributed by atoms with Gasteiger partial charge >= 0.3 is 0 Å². The van der Waals surface area contributed by atoms with Crippen LogP contribution in [0.5, 0.6) is 5.75 Å². The van der Waals surface area contributed by atoms with Crippen molar-refractivity contribution < 1.29 is 14.3 Å². The van der Waals surface area contributed by atoms with E-state index in [1.807, 2.05) is 30.3 Å². The molecule has 1 amide bonds. The molecule has 5 heteroatoms. The Bertz CT molecular complexity index is 1050. The zero-order valence-electron chi connectivity index (χ0n) is 15.3. The highest BCUT2D eigenvalue weighted by molar-refractivity contribution is 5.94. The van der Waals surface area contributed by atoms with Gasteiger partial charge in [-0.1, -0.05) is 30.2 Å². The Morgan fingerprint density at radius 2 is 1.86 bits per heavy atom. The molecule has 0 fully saturated rings. The monoisotopic (exact) mass is 370 g/mol. The number of amides is 1. The number of nitrogens with zero attached hydrogens (tertiary/aromatic N) is 1. The van der Waals surface area contributed by atoms with Gasteiger partial charge in [-0.2, -0.15) is 0 Å². The van der Waals surface area contributed by atoms with Crippen LogP contribution in [0.25, 0.3) is 0 Å². The SMILES string of the molecule is CC(=O)c1cccc(OCC(=O)Nc2cccc(C#Cc3ccccn3)c2)c1. The van der Waals surface area contributed by atoms with E-state index in [0.717, 1.165) is 5.56 Å². The van der Waals surface area contributed by atoms with Gasteiger partial charge in [0.05, 0.1) is 0 Å². The van der Waals surface area contributed by atoms with E-state index in [2.05, 4.69) is 22.1 Å². The third kappa shape index (κ3) is 5.55. The third-order valence-electron chi connectivity index (χ3n) is 3.76. The molecule has 1 heterocycles. The predicted molar refractivity (Wildman–Crippen MR) is 107 cm³/mol. The summed E-state index contributed by atoms with van der Waals surface area (Å²) in [5.74, 6) is 6.11. The summed E-state index contributed by atoms with van der Waals surface area (Å²) in [5.41, 5.74) is 2.60. The highest BCUT2D eigenvalue weighted by Gasteiger charge is 2.06. The van der Waals surface area contributed by atoms with Crippen molar-refractivity contribution >= 4 is 17.4 Å². The number of aromatic nitrogens is 1. The lowest BCUT2D eigenvalue weighted by molar-refractivity contribution is -0.118. The van der Waals surface area contributed by atoms with E-state index in [1.54, 1.807) is 42.6 Å². The maximum Gasteiger partial charge on any atom is 0.262 e. The van der Waals surface area contributed by atoms with Gasteiger partial charge in [0, 0.05) is 23.0 Å². The topological polar surface area (TPSA) is 68.3 Å². The summed E-state index contributed by atoms with van der Waals surface area (Å²) < 4.78 is 5.47. The molecule has 5 nitrogen and oxygen atoms in total. The van der Waals surface area contributed by atoms with Crippen molar-refractivity contribution in [2.24, 2.45) is 0 Å². The lowest BCUT2D eigenvalue weighted by Gasteiger charge is -2.08. The number of carbonyl (C=O) groups excluding carboxylic acids is 2. The molecule has 0 bridgehead atoms. The zero-order valence-corrected chi connectivity index (χ0v) is 15.3. The van der Waals surface area contributed by atoms with Gasteiger partial charge in [-0.05, 0) is 55.3 Å². The smallest absolute Gasteiger partial charge is 0.262 e. The molecule has 0 aliphatic rings. The molecule has 3 aromatic rings. The quantitative estimate of drug-likeness (QED) is 0.549. The normalized spacial score (nSPS) is 9.75. The van der Waals surface area contributed by atoms with Crippen LogP contribution in [-0.4, -0.2) is 23.3 Å². The number of carbonyl (C=O) groups is 2. The predicted octanol–water partition coefficient (Wildman–Crippen LogP) is 3.70. The fourth-order valence-corrected chi connectivity index (χ4v) is 2.40. The number of hydrogen-bond donors (Lipinski definition) is 1. The number of benzene rings is 2. The number of Topliss-reactive ketones (excluding diaryl/α,β-unsaturated/α-hetero) is 1. The minimum Gasteiger partial charge on any atom is -0.484 e. The Kier molecular flexibility index (Phi) is 6.17. The van der Waals surface area contributed by atoms with E-state index in [9.17, 15) is 9.59 Å². The largest absolute Gasteiger partial charge is 0.484 e. The van der Waals surface area contributed by atoms with Crippen molar-refractivity contribution in [3.8, 4) is 17.6 Å². The molecular formula is C23H18N2O3. The van der Waals surface area contributed by atoms with Crippen molar-refractivity contribution in [3.63, 3.8) is 0 Å². The van der Waals surface area contributed by atoms with Gasteiger partial charge < -0.3 is 10.1 Å². The average molecular weight is 370 g/mol. The Labute approximate surface area is 163 Å². The number of ketones is 1. The van der Waals surface area contributed by atoms with E-state index >= 15 is 0 Å². The molecule has 0 saturated carbocycles. The highest BCUT2D eigenvalue weighted by Crippen LogP contribution is 2.14. The van der Waals surface area contributed by atoms with Crippen molar-refractivity contribution in [2.45, 2.75) is 6.92 Å². The average Bonchev–Trinajstić information content (AvgIpc) is 2.72. The maximum atomic E-state index is 12.1. The second-order valence-electron chi connectivity index (χ2n) is 5.97. The maximum absolute atomic E-state index is 12.1. The van der Waals surface area contributed by atoms with E-state index in [0.29, 0.717) is 22.7 Å². The fourth-order valence-electron chi connectivity index (χ4n) is 2.40. The van der Waals surface area contributed by atoms with Gasteiger partial charge in [0.2, 0.25) is 0 Å². The minimum atomic E-state index is -0.303. The van der Waals surface area contributed by atoms with Crippen molar-refractivity contribution in [3.05, 3.63) is 89.7 Å². The molecule has 0 spiro atoms. The molecule has 0 aliphatic heterocycles. The standard InChI is InChI=1S/C23H18N2O3/c1-17(26)19-7-5-10-22(15-19)28-16-23(27)25-21-9-4-6-18(14-21)11-12-20-8-2-3-13-24-20/h2-10,13-15H,16H2,1H3,(H,25,27). The van der Waals surface area contributed by atoms with Gasteiger partial charge in [0.15, 0.2) is 12.4 Å². The number of rotatable bonds is 5. The van der Waals surface area contributed by atoms with Crippen LogP contribution in [0.3, 0.4) is 0 Å². The molecule has 0 unspecified atom stereocenters. The molecule has 2 aromatic carbocycles. The van der Waals surface area contributed by atoms with Gasteiger partial charge in [-0.25, -0.2) is 4.98 Å². The van der Waals surface area contributed by atoms with Gasteiger partial charge in [-0.3, -0.25) is 9.59 Å². The first-order valence-electron chi connectivity index (χ1n) is 8.67. The molecule has 0 saturated heterocycles. The summed E-state index contributed by atoms with van der Waals surface area (Å²) in [6, 6.07) is 19.5. The summed E-state index contributed by atoms with van der Waals surface area (Å²) >= 11 is 0. The Hall–Kier alpha value is -3.91. The zero-order chi connectivity index (χ0) is 19.8. The molecule has 1 N–H and O–H groups in total. The van der Waals surface area contributed by atoms with Crippen LogP contribution in [0.2, 0.25) is 0 Å². The van der Waals surface area contributed by atoms with Crippen LogP contribution >= 0.6 is 0 Å². The molecule has 0 aliphatic carbocycles. The number of ether oxygens (including phenoxy) is 1. The van der Waals surface area contributed by atoms with Crippen molar-refractivity contribution in [1.82, 2.24) is 4.98 Å². The Balaban J connectivity index is 1.59. The second-order valence-corrected chi connectivity index (χ2v) is 5.97. The number of pyridine rings is 1. The first-order valence-corrected chi connectivity index (χ1v) is 8.67. The summed E-state index contributed by atoms with van der Waals surface area (Å²) in [6.07, 6.45) is 1.69. The molecular weight excluding hydrogens is 352 g/mol. The van der Waals surface area contributed by atoms with E-state index in [-0.39, 0.29) is 18.3 Å². The van der Waals surface area contributed by atoms with Crippen LogP contribution in [0, 0.1) is 11.8 Å². The summed E-state index contributed by atoms with van der Waals surface area (Å²) in [4.78, 5) is 27.7. The Morgan fingerprint density at radius 3 is 2.64 bits per heavy atom. The fraction of sp³-hybridized carbons (Fsp3) is 0.0870. The number of nitrogens with one attached hydrogen (secondary N) is 1. The van der Waals surface area contributed by atoms with Crippen LogP contribution in [0.15, 0.2) is 72.9 Å². The van der Waals surface area contributed by atoms with Gasteiger partial charge in [0.1, 0.15) is 11.4 Å². The Morgan fingerprint density at radius 1 is 1.00 bits per heavy atom. The van der Waals surface area contributed by atoms with Crippen molar-refractivity contribution in [1.29, 1.82) is 0 Å². The van der Waals surface area contributed by atoms with Gasteiger partial charge in [0.25, 0.3) is 5.91 Å². The van der Waals surface area contributed by atoms with Crippen LogP contribution in [0.4, 0.5) is 5.69 Å². The summed E-state index contributed by atoms with van der Waals surface area (Å²) in [6.45, 7) is 1.32. The van der Waals surface area contributed by atoms with E-state index in [4.69, 9.17) is 4.74 Å². The number of hydrogen-bond acceptors (Lipinski definition) is 4. The summed E-state index contributed by atoms with van der Waals surface area (Å²) in [7, 11) is 0. The first kappa shape index (κ1) is 18.9. The van der Waals surface area contributed by atoms with Crippen LogP contribution in [0.1, 0.15) is 28.5 Å². The third-order valence-corrected chi connectivity index (χ3v) is 3.76. The molecule has 0 atom stereocenters. The van der Waals surface area contributed by atoms with Crippen LogP contribution < -0.4 is 10.1 Å².